The molecular formula is C68H95F2N9O19. The third kappa shape index (κ3) is 16.7. The summed E-state index contributed by atoms with van der Waals surface area (Å²) >= 11 is 0. The van der Waals surface area contributed by atoms with Crippen molar-refractivity contribution < 1.29 is 102 Å². The lowest BCUT2D eigenvalue weighted by Crippen LogP contribution is -2.67. The molecule has 7 fully saturated rings. The van der Waals surface area contributed by atoms with Gasteiger partial charge in [0, 0.05) is 55.9 Å². The summed E-state index contributed by atoms with van der Waals surface area (Å²) in [6.07, 6.45) is -14.5. The molecule has 10 unspecified atom stereocenters. The normalized spacial score (nSPS) is 35.9. The second-order valence-corrected chi connectivity index (χ2v) is 27.6. The van der Waals surface area contributed by atoms with Crippen LogP contribution in [-0.4, -0.2) is 242 Å². The number of hydrogen-bond acceptors (Lipinski definition) is 23. The Balaban J connectivity index is 0.803. The molecule has 0 spiro atoms. The number of nitrogens with one attached hydrogen (secondary N) is 2. The Kier molecular flexibility index (Phi) is 24.5. The number of benzene rings is 2. The Bertz CT molecular complexity index is 3310. The van der Waals surface area contributed by atoms with Crippen LogP contribution in [0.3, 0.4) is 0 Å². The first-order valence-electron chi connectivity index (χ1n) is 34.8. The third-order valence-corrected chi connectivity index (χ3v) is 21.0. The molecule has 4 saturated heterocycles. The fourth-order valence-electron chi connectivity index (χ4n) is 15.3. The molecule has 4 aromatic rings. The summed E-state index contributed by atoms with van der Waals surface area (Å²) in [5, 5.41) is 114. The Morgan fingerprint density at radius 3 is 1.95 bits per heavy atom. The van der Waals surface area contributed by atoms with E-state index in [1.54, 1.807) is 24.0 Å². The molecule has 30 heteroatoms. The summed E-state index contributed by atoms with van der Waals surface area (Å²) in [5.41, 5.74) is 1.33. The SMILES string of the molecule is CCC1O[C@@H](O[C@@H]2C[C@@H](C(=O)NCCCC(=O)C3C[C@@H](CC)C(O[C@@H]4OC(C)[C@@H](O)[C@H](O)C4O)[C@H](O[C@@H]4O[C@@H](CO)[C@H](O)C(O[C@@H](CC5CCCCC5)C(=O)N5CCC5)C4NC(C)=O)C3)CC(n3cc(-c4cccc(F)c4)nn3)C2O)C(O)[C@H](n2cc(-c3cccc(F)c3)nn2)[C@H]1O. The van der Waals surface area contributed by atoms with E-state index in [-0.39, 0.29) is 80.5 Å². The van der Waals surface area contributed by atoms with Gasteiger partial charge in [0.05, 0.1) is 55.6 Å². The number of aromatic nitrogens is 6. The standard InChI is InChI=1S/C68H95F2N9O19/c1-5-37-25-40(29-50(62(37)98-68-61(89)60(88)55(83)34(3)92-68)96-66-53(72-35(4)81)63(58(86)52(33-80)97-66)93-51(65(91)77-22-13-23-77)24-36-14-8-7-9-15-36)47(82)20-12-21-71-64(90)41-28-46(78-31-44(73-75-78)38-16-10-18-42(69)26-38)56(84)49(30-41)95-67-59(87)54(57(85)48(6-2)94-67)79-32-45(74-76-79)39-17-11-19-43(70)27-39/h10-11,16-19,26-27,31-32,34,36-37,40-41,46,48-63,66-68,80,83-89H,5-9,12-15,20-25,28-30,33H2,1-4H3,(H,71,90)(H,72,81)/t34?,37-,40?,41+,46?,48?,49-,50-,51+,52+,53?,54-,55-,56?,57+,58+,59?,60+,61?,62?,63?,66-,67+,68+/m1/s1. The fraction of sp³-hybridized carbons (Fsp3) is 0.706. The Hall–Kier alpha value is -5.94. The van der Waals surface area contributed by atoms with Crippen LogP contribution < -0.4 is 10.6 Å². The van der Waals surface area contributed by atoms with Gasteiger partial charge in [-0.25, -0.2) is 18.1 Å². The van der Waals surface area contributed by atoms with Gasteiger partial charge in [-0.3, -0.25) is 19.2 Å². The van der Waals surface area contributed by atoms with E-state index in [0.717, 1.165) is 38.5 Å². The van der Waals surface area contributed by atoms with Crippen LogP contribution in [0.15, 0.2) is 60.9 Å². The van der Waals surface area contributed by atoms with Crippen molar-refractivity contribution in [1.29, 1.82) is 0 Å². The van der Waals surface area contributed by atoms with Crippen LogP contribution in [0.25, 0.3) is 22.5 Å². The summed E-state index contributed by atoms with van der Waals surface area (Å²) in [4.78, 5) is 58.4. The van der Waals surface area contributed by atoms with Gasteiger partial charge in [-0.05, 0) is 94.4 Å². The number of carbonyl (C=O) groups is 4. The smallest absolute Gasteiger partial charge is 0.251 e. The van der Waals surface area contributed by atoms with E-state index in [4.69, 9.17) is 33.2 Å². The molecule has 540 valence electrons. The van der Waals surface area contributed by atoms with Gasteiger partial charge in [0.15, 0.2) is 18.9 Å². The molecule has 2 aromatic carbocycles. The van der Waals surface area contributed by atoms with Gasteiger partial charge in [-0.2, -0.15) is 0 Å². The number of carbonyl (C=O) groups excluding carboxylic acids is 4. The highest BCUT2D eigenvalue weighted by atomic mass is 19.1. The summed E-state index contributed by atoms with van der Waals surface area (Å²) in [5.74, 6) is -4.48. The molecule has 0 bridgehead atoms. The molecule has 7 aliphatic rings. The monoisotopic (exact) mass is 1380 g/mol. The molecule has 3 aliphatic carbocycles. The summed E-state index contributed by atoms with van der Waals surface area (Å²) in [6, 6.07) is 7.88. The van der Waals surface area contributed by atoms with Crippen molar-refractivity contribution in [2.45, 2.75) is 253 Å². The first-order chi connectivity index (χ1) is 47.1. The molecule has 10 N–H and O–H groups in total. The predicted octanol–water partition coefficient (Wildman–Crippen LogP) is 2.32. The minimum atomic E-state index is -1.72. The van der Waals surface area contributed by atoms with Gasteiger partial charge in [0.1, 0.15) is 102 Å². The lowest BCUT2D eigenvalue weighted by molar-refractivity contribution is -0.338. The second-order valence-electron chi connectivity index (χ2n) is 27.6. The average Bonchev–Trinajstić information content (AvgIpc) is 1.17. The van der Waals surface area contributed by atoms with E-state index in [9.17, 15) is 68.8 Å². The first-order valence-corrected chi connectivity index (χ1v) is 34.8. The van der Waals surface area contributed by atoms with Crippen LogP contribution in [-0.2, 0) is 52.3 Å². The summed E-state index contributed by atoms with van der Waals surface area (Å²) < 4.78 is 76.5. The highest BCUT2D eigenvalue weighted by Crippen LogP contribution is 2.43. The number of ether oxygens (including phenoxy) is 7. The molecule has 98 heavy (non-hydrogen) atoms. The summed E-state index contributed by atoms with van der Waals surface area (Å²) in [7, 11) is 0. The minimum Gasteiger partial charge on any atom is -0.394 e. The van der Waals surface area contributed by atoms with E-state index in [0.29, 0.717) is 37.1 Å². The van der Waals surface area contributed by atoms with E-state index in [1.807, 2.05) is 6.92 Å². The van der Waals surface area contributed by atoms with Crippen LogP contribution in [0.1, 0.15) is 136 Å². The number of aliphatic hydroxyl groups excluding tert-OH is 8. The molecule has 0 radical (unpaired) electrons. The Labute approximate surface area is 566 Å². The maximum absolute atomic E-state index is 14.7. The first kappa shape index (κ1) is 73.3. The highest BCUT2D eigenvalue weighted by Gasteiger charge is 2.55. The van der Waals surface area contributed by atoms with E-state index >= 15 is 0 Å². The zero-order valence-corrected chi connectivity index (χ0v) is 55.6. The number of halogens is 2. The predicted molar refractivity (Wildman–Crippen MR) is 340 cm³/mol. The van der Waals surface area contributed by atoms with Crippen molar-refractivity contribution in [3.63, 3.8) is 0 Å². The summed E-state index contributed by atoms with van der Waals surface area (Å²) in [6.45, 7) is 6.76. The Morgan fingerprint density at radius 1 is 0.673 bits per heavy atom. The van der Waals surface area contributed by atoms with Crippen molar-refractivity contribution in [3.8, 4) is 22.5 Å². The van der Waals surface area contributed by atoms with Crippen LogP contribution >= 0.6 is 0 Å². The van der Waals surface area contributed by atoms with E-state index < -0.39 is 176 Å². The van der Waals surface area contributed by atoms with Gasteiger partial charge in [0.2, 0.25) is 11.8 Å². The van der Waals surface area contributed by atoms with Crippen LogP contribution in [0.5, 0.6) is 0 Å². The lowest BCUT2D eigenvalue weighted by atomic mass is 9.74. The second kappa shape index (κ2) is 32.8. The lowest BCUT2D eigenvalue weighted by Gasteiger charge is -2.49. The van der Waals surface area contributed by atoms with Crippen molar-refractivity contribution in [3.05, 3.63) is 72.6 Å². The number of hydrogen-bond donors (Lipinski definition) is 10. The largest absolute Gasteiger partial charge is 0.394 e. The highest BCUT2D eigenvalue weighted by molar-refractivity contribution is 5.82. The van der Waals surface area contributed by atoms with E-state index in [2.05, 4.69) is 31.3 Å². The van der Waals surface area contributed by atoms with Gasteiger partial charge in [0.25, 0.3) is 5.91 Å². The van der Waals surface area contributed by atoms with E-state index in [1.165, 1.54) is 72.0 Å². The molecule has 11 rings (SSSR count). The van der Waals surface area contributed by atoms with Crippen LogP contribution in [0, 0.1) is 35.3 Å². The van der Waals surface area contributed by atoms with Crippen molar-refractivity contribution >= 4 is 23.5 Å². The number of rotatable bonds is 25. The number of Topliss-reactive ketones (excluding diaryl/α,β-unsaturated/α-hetero) is 1. The molecule has 3 saturated carbocycles. The number of aliphatic hydroxyl groups is 8. The van der Waals surface area contributed by atoms with Crippen molar-refractivity contribution in [2.24, 2.45) is 23.7 Å². The quantitative estimate of drug-likeness (QED) is 0.0426. The van der Waals surface area contributed by atoms with Crippen molar-refractivity contribution in [2.75, 3.05) is 26.2 Å². The zero-order valence-electron chi connectivity index (χ0n) is 55.6. The number of nitrogens with zero attached hydrogens (tertiary/aromatic N) is 7. The topological polar surface area (TPSA) is 383 Å². The van der Waals surface area contributed by atoms with Gasteiger partial charge in [-0.1, -0.05) is 87.1 Å². The molecular weight excluding hydrogens is 1280 g/mol. The Morgan fingerprint density at radius 2 is 1.32 bits per heavy atom. The minimum absolute atomic E-state index is 0.00476. The number of likely N-dealkylation sites (tertiary alicyclic amines) is 1. The van der Waals surface area contributed by atoms with Crippen LogP contribution in [0.4, 0.5) is 8.78 Å². The average molecular weight is 1380 g/mol. The molecule has 28 nitrogen and oxygen atoms in total. The third-order valence-electron chi connectivity index (χ3n) is 21.0. The molecule has 4 aliphatic heterocycles. The maximum Gasteiger partial charge on any atom is 0.251 e. The molecule has 3 amide bonds. The zero-order chi connectivity index (χ0) is 69.6. The fourth-order valence-corrected chi connectivity index (χ4v) is 15.3. The van der Waals surface area contributed by atoms with Crippen molar-refractivity contribution in [1.82, 2.24) is 45.5 Å². The molecule has 24 atom stereocenters. The van der Waals surface area contributed by atoms with Gasteiger partial charge < -0.3 is 89.5 Å². The maximum atomic E-state index is 14.7. The number of ketones is 1. The number of amides is 3. The molecule has 2 aromatic heterocycles. The van der Waals surface area contributed by atoms with Crippen LogP contribution in [0.2, 0.25) is 0 Å². The molecule has 6 heterocycles. The van der Waals surface area contributed by atoms with Gasteiger partial charge >= 0.3 is 0 Å². The van der Waals surface area contributed by atoms with Gasteiger partial charge in [-0.15, -0.1) is 10.2 Å².